The van der Waals surface area contributed by atoms with Crippen LogP contribution >= 0.6 is 11.3 Å². The molecule has 24 heavy (non-hydrogen) atoms. The summed E-state index contributed by atoms with van der Waals surface area (Å²) >= 11 is 1.20. The van der Waals surface area contributed by atoms with Gasteiger partial charge >= 0.3 is 0 Å². The van der Waals surface area contributed by atoms with Crippen molar-refractivity contribution >= 4 is 27.2 Å². The average molecular weight is 352 g/mol. The number of unbranched alkanes of at least 4 members (excludes halogenated alkanes) is 1. The molecule has 0 fully saturated rings. The molecule has 0 aliphatic heterocycles. The number of nitrogens with zero attached hydrogens (tertiary/aromatic N) is 3. The average Bonchev–Trinajstić information content (AvgIpc) is 3.02. The van der Waals surface area contributed by atoms with Gasteiger partial charge in [-0.25, -0.2) is 18.8 Å². The Labute approximate surface area is 145 Å². The van der Waals surface area contributed by atoms with Crippen molar-refractivity contribution < 1.29 is 8.78 Å². The maximum atomic E-state index is 14.3. The van der Waals surface area contributed by atoms with E-state index in [9.17, 15) is 8.78 Å². The highest BCUT2D eigenvalue weighted by Gasteiger charge is 2.15. The van der Waals surface area contributed by atoms with E-state index in [0.29, 0.717) is 10.4 Å². The van der Waals surface area contributed by atoms with Crippen LogP contribution in [0.15, 0.2) is 36.1 Å². The molecule has 0 saturated carbocycles. The van der Waals surface area contributed by atoms with Crippen molar-refractivity contribution in [1.29, 1.82) is 0 Å². The number of hydrazine groups is 1. The van der Waals surface area contributed by atoms with Gasteiger partial charge in [-0.3, -0.25) is 0 Å². The summed E-state index contributed by atoms with van der Waals surface area (Å²) in [7, 11) is 3.88. The SMILES string of the molecule is C=C(/C=C\N(C)N(C)CCCC)Nc1c(F)cc2scnc2c1F. The molecule has 7 heteroatoms. The summed E-state index contributed by atoms with van der Waals surface area (Å²) in [6.07, 6.45) is 5.68. The highest BCUT2D eigenvalue weighted by Crippen LogP contribution is 2.30. The van der Waals surface area contributed by atoms with Gasteiger partial charge in [0.05, 0.1) is 10.2 Å². The van der Waals surface area contributed by atoms with Crippen molar-refractivity contribution in [2.75, 3.05) is 26.0 Å². The van der Waals surface area contributed by atoms with E-state index in [1.165, 1.54) is 22.9 Å². The fraction of sp³-hybridized carbons (Fsp3) is 0.353. The number of hydrogen-bond donors (Lipinski definition) is 1. The quantitative estimate of drug-likeness (QED) is 0.556. The molecule has 0 aliphatic rings. The Morgan fingerprint density at radius 1 is 1.42 bits per heavy atom. The molecular weight excluding hydrogens is 330 g/mol. The fourth-order valence-corrected chi connectivity index (χ4v) is 2.80. The van der Waals surface area contributed by atoms with Crippen LogP contribution < -0.4 is 5.32 Å². The van der Waals surface area contributed by atoms with Crippen molar-refractivity contribution in [1.82, 2.24) is 15.0 Å². The first-order valence-electron chi connectivity index (χ1n) is 7.73. The van der Waals surface area contributed by atoms with Crippen LogP contribution in [-0.2, 0) is 0 Å². The number of thiazole rings is 1. The van der Waals surface area contributed by atoms with E-state index >= 15 is 0 Å². The molecule has 1 heterocycles. The van der Waals surface area contributed by atoms with Crippen LogP contribution in [-0.4, -0.2) is 35.6 Å². The van der Waals surface area contributed by atoms with Gasteiger partial charge in [0.2, 0.25) is 0 Å². The van der Waals surface area contributed by atoms with Crippen LogP contribution in [0.5, 0.6) is 0 Å². The van der Waals surface area contributed by atoms with Gasteiger partial charge in [-0.05, 0) is 18.6 Å². The Hall–Kier alpha value is -1.99. The van der Waals surface area contributed by atoms with Crippen LogP contribution in [0, 0.1) is 11.6 Å². The lowest BCUT2D eigenvalue weighted by molar-refractivity contribution is 0.0786. The number of halogens is 2. The second-order valence-corrected chi connectivity index (χ2v) is 6.41. The molecule has 0 saturated heterocycles. The molecule has 130 valence electrons. The van der Waals surface area contributed by atoms with Crippen LogP contribution in [0.2, 0.25) is 0 Å². The summed E-state index contributed by atoms with van der Waals surface area (Å²) in [4.78, 5) is 3.93. The summed E-state index contributed by atoms with van der Waals surface area (Å²) in [6.45, 7) is 6.87. The maximum Gasteiger partial charge on any atom is 0.176 e. The second kappa shape index (κ2) is 8.21. The highest BCUT2D eigenvalue weighted by atomic mass is 32.1. The molecule has 0 bridgehead atoms. The van der Waals surface area contributed by atoms with E-state index < -0.39 is 11.6 Å². The molecule has 0 spiro atoms. The Bertz CT molecular complexity index is 742. The van der Waals surface area contributed by atoms with Crippen LogP contribution in [0.3, 0.4) is 0 Å². The first-order chi connectivity index (χ1) is 11.4. The molecular formula is C17H22F2N4S. The molecule has 0 amide bonds. The number of anilines is 1. The molecule has 2 aromatic rings. The van der Waals surface area contributed by atoms with Crippen LogP contribution in [0.4, 0.5) is 14.5 Å². The molecule has 0 radical (unpaired) electrons. The normalized spacial score (nSPS) is 11.6. The smallest absolute Gasteiger partial charge is 0.176 e. The molecule has 1 aromatic carbocycles. The lowest BCUT2D eigenvalue weighted by Gasteiger charge is -2.26. The number of allylic oxidation sites excluding steroid dienone is 1. The lowest BCUT2D eigenvalue weighted by atomic mass is 10.2. The maximum absolute atomic E-state index is 14.3. The fourth-order valence-electron chi connectivity index (χ4n) is 2.11. The monoisotopic (exact) mass is 352 g/mol. The van der Waals surface area contributed by atoms with Gasteiger partial charge < -0.3 is 10.3 Å². The van der Waals surface area contributed by atoms with E-state index in [1.807, 2.05) is 19.1 Å². The molecule has 0 atom stereocenters. The third-order valence-corrected chi connectivity index (χ3v) is 4.45. The van der Waals surface area contributed by atoms with Crippen LogP contribution in [0.25, 0.3) is 10.2 Å². The van der Waals surface area contributed by atoms with Gasteiger partial charge in [0.1, 0.15) is 11.2 Å². The zero-order valence-corrected chi connectivity index (χ0v) is 15.0. The van der Waals surface area contributed by atoms with E-state index in [0.717, 1.165) is 19.4 Å². The Morgan fingerprint density at radius 3 is 2.88 bits per heavy atom. The first-order valence-corrected chi connectivity index (χ1v) is 8.61. The molecule has 4 nitrogen and oxygen atoms in total. The Balaban J connectivity index is 2.06. The van der Waals surface area contributed by atoms with Gasteiger partial charge in [0.25, 0.3) is 0 Å². The Morgan fingerprint density at radius 2 is 2.17 bits per heavy atom. The highest BCUT2D eigenvalue weighted by molar-refractivity contribution is 7.16. The summed E-state index contributed by atoms with van der Waals surface area (Å²) in [5, 5.41) is 6.64. The first kappa shape index (κ1) is 18.4. The number of benzene rings is 1. The van der Waals surface area contributed by atoms with E-state index in [4.69, 9.17) is 0 Å². The van der Waals surface area contributed by atoms with Gasteiger partial charge in [-0.2, -0.15) is 0 Å². The van der Waals surface area contributed by atoms with Crippen molar-refractivity contribution in [2.45, 2.75) is 19.8 Å². The second-order valence-electron chi connectivity index (χ2n) is 5.52. The third kappa shape index (κ3) is 4.30. The van der Waals surface area contributed by atoms with Gasteiger partial charge in [-0.1, -0.05) is 19.9 Å². The number of hydrogen-bond acceptors (Lipinski definition) is 5. The number of fused-ring (bicyclic) bond motifs is 1. The topological polar surface area (TPSA) is 31.4 Å². The summed E-state index contributed by atoms with van der Waals surface area (Å²) in [5.41, 5.74) is 1.81. The van der Waals surface area contributed by atoms with Gasteiger partial charge in [0.15, 0.2) is 11.6 Å². The van der Waals surface area contributed by atoms with Crippen molar-refractivity contribution in [3.05, 3.63) is 47.8 Å². The van der Waals surface area contributed by atoms with E-state index in [1.54, 1.807) is 12.3 Å². The lowest BCUT2D eigenvalue weighted by Crippen LogP contribution is -2.33. The summed E-state index contributed by atoms with van der Waals surface area (Å²) in [6, 6.07) is 1.28. The minimum absolute atomic E-state index is 0.164. The molecule has 2 rings (SSSR count). The zero-order valence-electron chi connectivity index (χ0n) is 14.1. The molecule has 1 N–H and O–H groups in total. The zero-order chi connectivity index (χ0) is 17.7. The molecule has 0 unspecified atom stereocenters. The number of rotatable bonds is 8. The van der Waals surface area contributed by atoms with Crippen molar-refractivity contribution in [2.24, 2.45) is 0 Å². The standard InChI is InChI=1S/C17H22F2N4S/c1-5-6-8-22(3)23(4)9-7-12(2)21-16-13(18)10-14-17(15(16)19)20-11-24-14/h7,9-11,21H,2,5-6,8H2,1,3-4H3/b9-7-. The van der Waals surface area contributed by atoms with Crippen LogP contribution in [0.1, 0.15) is 19.8 Å². The van der Waals surface area contributed by atoms with Gasteiger partial charge in [0, 0.05) is 32.5 Å². The largest absolute Gasteiger partial charge is 0.351 e. The minimum atomic E-state index is -0.700. The summed E-state index contributed by atoms with van der Waals surface area (Å²) < 4.78 is 28.9. The van der Waals surface area contributed by atoms with Crippen molar-refractivity contribution in [3.63, 3.8) is 0 Å². The van der Waals surface area contributed by atoms with Crippen molar-refractivity contribution in [3.8, 4) is 0 Å². The van der Waals surface area contributed by atoms with E-state index in [-0.39, 0.29) is 11.2 Å². The number of nitrogens with one attached hydrogen (secondary N) is 1. The minimum Gasteiger partial charge on any atom is -0.351 e. The molecule has 0 aliphatic carbocycles. The predicted octanol–water partition coefficient (Wildman–Crippen LogP) is 4.59. The Kier molecular flexibility index (Phi) is 6.28. The predicted molar refractivity (Wildman–Crippen MR) is 96.7 cm³/mol. The third-order valence-electron chi connectivity index (χ3n) is 3.67. The van der Waals surface area contributed by atoms with E-state index in [2.05, 4.69) is 28.8 Å². The molecule has 1 aromatic heterocycles. The number of aromatic nitrogens is 1. The van der Waals surface area contributed by atoms with Gasteiger partial charge in [-0.15, -0.1) is 11.3 Å². The summed E-state index contributed by atoms with van der Waals surface area (Å²) in [5.74, 6) is -1.36.